The monoisotopic (exact) mass is 300 g/mol. The Morgan fingerprint density at radius 2 is 2.10 bits per heavy atom. The standard InChI is InChI=1S/C14H15F3N2O2/c1-9(2)18-7-11-8-20-13(19-11)21-12-5-3-4-10(6-12)14(15,16)17/h3-6,8-9,18H,7H2,1-2H3. The molecule has 0 unspecified atom stereocenters. The summed E-state index contributed by atoms with van der Waals surface area (Å²) in [6.45, 7) is 4.47. The predicted octanol–water partition coefficient (Wildman–Crippen LogP) is 3.98. The number of halogens is 3. The normalized spacial score (nSPS) is 11.9. The molecule has 0 saturated heterocycles. The molecule has 0 spiro atoms. The first-order valence-electron chi connectivity index (χ1n) is 6.37. The lowest BCUT2D eigenvalue weighted by atomic mass is 10.2. The minimum Gasteiger partial charge on any atom is -0.417 e. The molecule has 21 heavy (non-hydrogen) atoms. The highest BCUT2D eigenvalue weighted by atomic mass is 19.4. The fourth-order valence-electron chi connectivity index (χ4n) is 1.56. The van der Waals surface area contributed by atoms with Crippen LogP contribution >= 0.6 is 0 Å². The van der Waals surface area contributed by atoms with Crippen molar-refractivity contribution in [3.05, 3.63) is 41.8 Å². The number of oxazole rings is 1. The molecule has 114 valence electrons. The molecular weight excluding hydrogens is 285 g/mol. The zero-order chi connectivity index (χ0) is 15.5. The smallest absolute Gasteiger partial charge is 0.416 e. The lowest BCUT2D eigenvalue weighted by Gasteiger charge is -2.07. The highest BCUT2D eigenvalue weighted by Crippen LogP contribution is 2.32. The van der Waals surface area contributed by atoms with Crippen LogP contribution in [-0.2, 0) is 12.7 Å². The molecule has 2 aromatic rings. The van der Waals surface area contributed by atoms with Gasteiger partial charge in [0.1, 0.15) is 12.0 Å². The summed E-state index contributed by atoms with van der Waals surface area (Å²) < 4.78 is 48.0. The minimum absolute atomic E-state index is 0.0232. The summed E-state index contributed by atoms with van der Waals surface area (Å²) in [5.74, 6) is 0.0232. The van der Waals surface area contributed by atoms with Crippen LogP contribution in [0.2, 0.25) is 0 Å². The van der Waals surface area contributed by atoms with Crippen molar-refractivity contribution >= 4 is 0 Å². The van der Waals surface area contributed by atoms with E-state index in [1.165, 1.54) is 18.4 Å². The second-order valence-corrected chi connectivity index (χ2v) is 4.77. The van der Waals surface area contributed by atoms with Crippen LogP contribution in [0.3, 0.4) is 0 Å². The molecule has 0 aliphatic carbocycles. The van der Waals surface area contributed by atoms with Gasteiger partial charge in [0, 0.05) is 12.6 Å². The first-order valence-corrected chi connectivity index (χ1v) is 6.37. The number of rotatable bonds is 5. The molecule has 0 atom stereocenters. The van der Waals surface area contributed by atoms with E-state index in [0.717, 1.165) is 12.1 Å². The van der Waals surface area contributed by atoms with Gasteiger partial charge >= 0.3 is 12.3 Å². The highest BCUT2D eigenvalue weighted by molar-refractivity contribution is 5.31. The number of hydrogen-bond acceptors (Lipinski definition) is 4. The van der Waals surface area contributed by atoms with Crippen molar-refractivity contribution in [1.82, 2.24) is 10.3 Å². The zero-order valence-electron chi connectivity index (χ0n) is 11.6. The van der Waals surface area contributed by atoms with Gasteiger partial charge in [-0.3, -0.25) is 0 Å². The molecule has 1 aromatic carbocycles. The van der Waals surface area contributed by atoms with Crippen molar-refractivity contribution in [3.8, 4) is 11.8 Å². The van der Waals surface area contributed by atoms with Crippen LogP contribution in [0.25, 0.3) is 0 Å². The molecule has 0 bridgehead atoms. The molecule has 0 radical (unpaired) electrons. The van der Waals surface area contributed by atoms with E-state index < -0.39 is 11.7 Å². The number of nitrogens with zero attached hydrogens (tertiary/aromatic N) is 1. The number of hydrogen-bond donors (Lipinski definition) is 1. The van der Waals surface area contributed by atoms with Crippen LogP contribution in [0.5, 0.6) is 11.8 Å². The lowest BCUT2D eigenvalue weighted by molar-refractivity contribution is -0.137. The zero-order valence-corrected chi connectivity index (χ0v) is 11.6. The Kier molecular flexibility index (Phi) is 4.52. The molecule has 2 rings (SSSR count). The van der Waals surface area contributed by atoms with Gasteiger partial charge in [0.25, 0.3) is 0 Å². The number of ether oxygens (including phenoxy) is 1. The molecule has 0 amide bonds. The molecule has 1 heterocycles. The van der Waals surface area contributed by atoms with Crippen molar-refractivity contribution in [2.45, 2.75) is 32.6 Å². The molecule has 0 aliphatic rings. The summed E-state index contributed by atoms with van der Waals surface area (Å²) in [4.78, 5) is 4.04. The fourth-order valence-corrected chi connectivity index (χ4v) is 1.56. The molecule has 1 N–H and O–H groups in total. The maximum absolute atomic E-state index is 12.6. The minimum atomic E-state index is -4.41. The molecule has 7 heteroatoms. The Balaban J connectivity index is 2.05. The van der Waals surface area contributed by atoms with Crippen molar-refractivity contribution in [2.75, 3.05) is 0 Å². The average Bonchev–Trinajstić information content (AvgIpc) is 2.83. The van der Waals surface area contributed by atoms with Gasteiger partial charge in [0.05, 0.1) is 11.3 Å². The first kappa shape index (κ1) is 15.4. The molecule has 0 fully saturated rings. The first-order chi connectivity index (χ1) is 9.84. The van der Waals surface area contributed by atoms with Crippen molar-refractivity contribution in [3.63, 3.8) is 0 Å². The topological polar surface area (TPSA) is 47.3 Å². The number of alkyl halides is 3. The van der Waals surface area contributed by atoms with Crippen LogP contribution < -0.4 is 10.1 Å². The summed E-state index contributed by atoms with van der Waals surface area (Å²) in [6.07, 6.45) is -3.10. The Labute approximate surface area is 119 Å². The predicted molar refractivity (Wildman–Crippen MR) is 70.0 cm³/mol. The summed E-state index contributed by atoms with van der Waals surface area (Å²) in [5.41, 5.74) is -0.168. The third-order valence-corrected chi connectivity index (χ3v) is 2.59. The van der Waals surface area contributed by atoms with Gasteiger partial charge in [-0.05, 0) is 18.2 Å². The molecule has 0 saturated carbocycles. The van der Waals surface area contributed by atoms with Crippen LogP contribution in [0, 0.1) is 0 Å². The Morgan fingerprint density at radius 3 is 2.76 bits per heavy atom. The molecule has 4 nitrogen and oxygen atoms in total. The van der Waals surface area contributed by atoms with Gasteiger partial charge in [0.15, 0.2) is 0 Å². The third kappa shape index (κ3) is 4.49. The van der Waals surface area contributed by atoms with Gasteiger partial charge in [-0.25, -0.2) is 0 Å². The lowest BCUT2D eigenvalue weighted by Crippen LogP contribution is -2.21. The van der Waals surface area contributed by atoms with Crippen LogP contribution in [-0.4, -0.2) is 11.0 Å². The molecule has 0 aliphatic heterocycles. The van der Waals surface area contributed by atoms with E-state index in [4.69, 9.17) is 9.15 Å². The maximum atomic E-state index is 12.6. The number of benzene rings is 1. The van der Waals surface area contributed by atoms with Gasteiger partial charge in [-0.2, -0.15) is 18.2 Å². The largest absolute Gasteiger partial charge is 0.417 e. The quantitative estimate of drug-likeness (QED) is 0.907. The summed E-state index contributed by atoms with van der Waals surface area (Å²) in [6, 6.07) is 4.83. The van der Waals surface area contributed by atoms with Gasteiger partial charge in [-0.15, -0.1) is 0 Å². The van der Waals surface area contributed by atoms with E-state index in [1.54, 1.807) is 0 Å². The van der Waals surface area contributed by atoms with Crippen LogP contribution in [0.15, 0.2) is 34.9 Å². The highest BCUT2D eigenvalue weighted by Gasteiger charge is 2.30. The Morgan fingerprint density at radius 1 is 1.33 bits per heavy atom. The SMILES string of the molecule is CC(C)NCc1coc(Oc2cccc(C(F)(F)F)c2)n1. The van der Waals surface area contributed by atoms with E-state index in [9.17, 15) is 13.2 Å². The van der Waals surface area contributed by atoms with E-state index in [2.05, 4.69) is 10.3 Å². The van der Waals surface area contributed by atoms with E-state index in [1.807, 2.05) is 13.8 Å². The van der Waals surface area contributed by atoms with E-state index >= 15 is 0 Å². The van der Waals surface area contributed by atoms with Crippen LogP contribution in [0.4, 0.5) is 13.2 Å². The summed E-state index contributed by atoms with van der Waals surface area (Å²) in [5, 5.41) is 3.14. The van der Waals surface area contributed by atoms with Crippen molar-refractivity contribution in [1.29, 1.82) is 0 Å². The maximum Gasteiger partial charge on any atom is 0.416 e. The second kappa shape index (κ2) is 6.17. The number of nitrogens with one attached hydrogen (secondary N) is 1. The van der Waals surface area contributed by atoms with Crippen LogP contribution in [0.1, 0.15) is 25.1 Å². The van der Waals surface area contributed by atoms with E-state index in [-0.39, 0.29) is 17.9 Å². The average molecular weight is 300 g/mol. The fraction of sp³-hybridized carbons (Fsp3) is 0.357. The van der Waals surface area contributed by atoms with Gasteiger partial charge in [0.2, 0.25) is 0 Å². The van der Waals surface area contributed by atoms with Crippen molar-refractivity contribution < 1.29 is 22.3 Å². The second-order valence-electron chi connectivity index (χ2n) is 4.77. The Bertz CT molecular complexity index is 594. The third-order valence-electron chi connectivity index (χ3n) is 2.59. The van der Waals surface area contributed by atoms with Gasteiger partial charge < -0.3 is 14.5 Å². The summed E-state index contributed by atoms with van der Waals surface area (Å²) >= 11 is 0. The van der Waals surface area contributed by atoms with Gasteiger partial charge in [-0.1, -0.05) is 19.9 Å². The Hall–Kier alpha value is -2.02. The summed E-state index contributed by atoms with van der Waals surface area (Å²) in [7, 11) is 0. The molecule has 1 aromatic heterocycles. The van der Waals surface area contributed by atoms with E-state index in [0.29, 0.717) is 12.2 Å². The van der Waals surface area contributed by atoms with Crippen molar-refractivity contribution in [2.24, 2.45) is 0 Å². The number of aromatic nitrogens is 1. The molecular formula is C14H15F3N2O2.